The van der Waals surface area contributed by atoms with E-state index in [4.69, 9.17) is 28.9 Å². The minimum atomic E-state index is -0.706. The van der Waals surface area contributed by atoms with Gasteiger partial charge in [0.15, 0.2) is 0 Å². The fraction of sp³-hybridized carbons (Fsp3) is 0.143. The molecule has 0 saturated heterocycles. The summed E-state index contributed by atoms with van der Waals surface area (Å²) in [5.41, 5.74) is 7.53. The van der Waals surface area contributed by atoms with Crippen LogP contribution in [0.5, 0.6) is 0 Å². The van der Waals surface area contributed by atoms with Crippen molar-refractivity contribution >= 4 is 39.1 Å². The Morgan fingerprint density at radius 1 is 1.06 bits per heavy atom. The molecule has 2 N–H and O–H groups in total. The van der Waals surface area contributed by atoms with Crippen LogP contribution in [0.4, 0.5) is 0 Å². The molecular formula is C14H12BrCl2N. The lowest BCUT2D eigenvalue weighted by Gasteiger charge is -2.28. The van der Waals surface area contributed by atoms with Crippen LogP contribution in [0.2, 0.25) is 10.0 Å². The summed E-state index contributed by atoms with van der Waals surface area (Å²) in [6.07, 6.45) is 0. The molecule has 0 aliphatic rings. The number of hydrogen-bond acceptors (Lipinski definition) is 1. The molecule has 2 aromatic carbocycles. The van der Waals surface area contributed by atoms with Gasteiger partial charge in [-0.1, -0.05) is 57.3 Å². The van der Waals surface area contributed by atoms with Gasteiger partial charge in [0, 0.05) is 14.5 Å². The number of nitrogens with two attached hydrogens (primary N) is 1. The van der Waals surface area contributed by atoms with E-state index in [1.165, 1.54) is 0 Å². The topological polar surface area (TPSA) is 26.0 Å². The van der Waals surface area contributed by atoms with Crippen LogP contribution in [0.3, 0.4) is 0 Å². The molecule has 18 heavy (non-hydrogen) atoms. The van der Waals surface area contributed by atoms with Crippen LogP contribution in [0, 0.1) is 0 Å². The summed E-state index contributed by atoms with van der Waals surface area (Å²) in [6, 6.07) is 13.2. The Labute approximate surface area is 125 Å². The van der Waals surface area contributed by atoms with E-state index >= 15 is 0 Å². The predicted molar refractivity (Wildman–Crippen MR) is 81.2 cm³/mol. The van der Waals surface area contributed by atoms with Crippen molar-refractivity contribution in [3.63, 3.8) is 0 Å². The van der Waals surface area contributed by atoms with E-state index in [2.05, 4.69) is 15.9 Å². The van der Waals surface area contributed by atoms with Crippen LogP contribution < -0.4 is 5.73 Å². The molecule has 94 valence electrons. The van der Waals surface area contributed by atoms with Crippen molar-refractivity contribution in [2.75, 3.05) is 0 Å². The lowest BCUT2D eigenvalue weighted by atomic mass is 9.86. The smallest absolute Gasteiger partial charge is 0.0663 e. The van der Waals surface area contributed by atoms with E-state index in [9.17, 15) is 0 Å². The van der Waals surface area contributed by atoms with Gasteiger partial charge in [-0.05, 0) is 42.3 Å². The Morgan fingerprint density at radius 2 is 1.72 bits per heavy atom. The first-order valence-electron chi connectivity index (χ1n) is 5.42. The highest BCUT2D eigenvalue weighted by Crippen LogP contribution is 2.36. The van der Waals surface area contributed by atoms with Crippen LogP contribution in [-0.4, -0.2) is 0 Å². The first-order chi connectivity index (χ1) is 8.43. The Balaban J connectivity index is 2.61. The van der Waals surface area contributed by atoms with Crippen molar-refractivity contribution in [1.29, 1.82) is 0 Å². The zero-order valence-corrected chi connectivity index (χ0v) is 12.9. The van der Waals surface area contributed by atoms with Gasteiger partial charge in [0.05, 0.1) is 5.54 Å². The van der Waals surface area contributed by atoms with Crippen molar-refractivity contribution in [1.82, 2.24) is 0 Å². The van der Waals surface area contributed by atoms with Gasteiger partial charge in [-0.25, -0.2) is 0 Å². The average molecular weight is 345 g/mol. The first-order valence-corrected chi connectivity index (χ1v) is 6.97. The van der Waals surface area contributed by atoms with Crippen molar-refractivity contribution in [2.45, 2.75) is 12.5 Å². The van der Waals surface area contributed by atoms with Crippen LogP contribution in [0.25, 0.3) is 0 Å². The van der Waals surface area contributed by atoms with E-state index in [1.54, 1.807) is 12.1 Å². The molecule has 1 unspecified atom stereocenters. The highest BCUT2D eigenvalue weighted by molar-refractivity contribution is 9.10. The maximum Gasteiger partial charge on any atom is 0.0663 e. The second kappa shape index (κ2) is 5.22. The highest BCUT2D eigenvalue weighted by Gasteiger charge is 2.28. The van der Waals surface area contributed by atoms with Crippen LogP contribution in [0.1, 0.15) is 18.1 Å². The summed E-state index contributed by atoms with van der Waals surface area (Å²) in [5.74, 6) is 0. The Hall–Kier alpha value is -0.540. The summed E-state index contributed by atoms with van der Waals surface area (Å²) in [5, 5.41) is 1.23. The van der Waals surface area contributed by atoms with Gasteiger partial charge in [-0.15, -0.1) is 0 Å². The minimum absolute atomic E-state index is 0.611. The van der Waals surface area contributed by atoms with Crippen molar-refractivity contribution in [3.8, 4) is 0 Å². The predicted octanol–water partition coefficient (Wildman–Crippen LogP) is 4.98. The second-order valence-corrected chi connectivity index (χ2v) is 6.00. The minimum Gasteiger partial charge on any atom is -0.318 e. The largest absolute Gasteiger partial charge is 0.318 e. The Kier molecular flexibility index (Phi) is 4.02. The monoisotopic (exact) mass is 343 g/mol. The summed E-state index contributed by atoms with van der Waals surface area (Å²) in [4.78, 5) is 0. The normalized spacial score (nSPS) is 14.3. The maximum absolute atomic E-state index is 6.46. The third-order valence-electron chi connectivity index (χ3n) is 2.92. The summed E-state index contributed by atoms with van der Waals surface area (Å²) in [7, 11) is 0. The molecule has 4 heteroatoms. The molecular weight excluding hydrogens is 333 g/mol. The molecule has 0 radical (unpaired) electrons. The lowest BCUT2D eigenvalue weighted by Crippen LogP contribution is -2.35. The fourth-order valence-corrected chi connectivity index (χ4v) is 3.11. The SMILES string of the molecule is CC(N)(c1cc(Cl)ccc1Cl)c1ccccc1Br. The van der Waals surface area contributed by atoms with E-state index < -0.39 is 5.54 Å². The molecule has 0 aromatic heterocycles. The first kappa shape index (κ1) is 13.9. The van der Waals surface area contributed by atoms with Crippen molar-refractivity contribution in [3.05, 3.63) is 68.1 Å². The molecule has 0 spiro atoms. The molecule has 0 fully saturated rings. The van der Waals surface area contributed by atoms with Gasteiger partial charge >= 0.3 is 0 Å². The zero-order valence-electron chi connectivity index (χ0n) is 9.75. The molecule has 0 aliphatic heterocycles. The molecule has 0 heterocycles. The van der Waals surface area contributed by atoms with Crippen LogP contribution >= 0.6 is 39.1 Å². The maximum atomic E-state index is 6.46. The Morgan fingerprint density at radius 3 is 2.39 bits per heavy atom. The number of hydrogen-bond donors (Lipinski definition) is 1. The molecule has 1 nitrogen and oxygen atoms in total. The molecule has 2 rings (SSSR count). The molecule has 0 aliphatic carbocycles. The van der Waals surface area contributed by atoms with Gasteiger partial charge in [-0.2, -0.15) is 0 Å². The van der Waals surface area contributed by atoms with Crippen molar-refractivity contribution < 1.29 is 0 Å². The molecule has 0 saturated carbocycles. The summed E-state index contributed by atoms with van der Waals surface area (Å²) < 4.78 is 0.950. The van der Waals surface area contributed by atoms with Gasteiger partial charge in [0.1, 0.15) is 0 Å². The average Bonchev–Trinajstić information content (AvgIpc) is 2.32. The second-order valence-electron chi connectivity index (χ2n) is 4.31. The summed E-state index contributed by atoms with van der Waals surface area (Å²) >= 11 is 15.8. The number of benzene rings is 2. The van der Waals surface area contributed by atoms with E-state index in [1.807, 2.05) is 37.3 Å². The summed E-state index contributed by atoms with van der Waals surface area (Å²) in [6.45, 7) is 1.92. The fourth-order valence-electron chi connectivity index (χ4n) is 1.92. The van der Waals surface area contributed by atoms with Gasteiger partial charge in [-0.3, -0.25) is 0 Å². The van der Waals surface area contributed by atoms with Crippen LogP contribution in [0.15, 0.2) is 46.9 Å². The quantitative estimate of drug-likeness (QED) is 0.817. The molecule has 1 atom stereocenters. The zero-order chi connectivity index (χ0) is 13.3. The standard InChI is InChI=1S/C14H12BrCl2N/c1-14(18,10-4-2-3-5-12(10)15)11-8-9(16)6-7-13(11)17/h2-8H,18H2,1H3. The third kappa shape index (κ3) is 2.57. The number of rotatable bonds is 2. The Bertz CT molecular complexity index is 582. The van der Waals surface area contributed by atoms with Crippen LogP contribution in [-0.2, 0) is 5.54 Å². The van der Waals surface area contributed by atoms with E-state index in [0.29, 0.717) is 10.0 Å². The van der Waals surface area contributed by atoms with Crippen molar-refractivity contribution in [2.24, 2.45) is 5.73 Å². The lowest BCUT2D eigenvalue weighted by molar-refractivity contribution is 0.600. The van der Waals surface area contributed by atoms with Gasteiger partial charge < -0.3 is 5.73 Å². The third-order valence-corrected chi connectivity index (χ3v) is 4.18. The molecule has 2 aromatic rings. The molecule has 0 amide bonds. The van der Waals surface area contributed by atoms with E-state index in [0.717, 1.165) is 15.6 Å². The van der Waals surface area contributed by atoms with Gasteiger partial charge in [0.2, 0.25) is 0 Å². The molecule has 0 bridgehead atoms. The van der Waals surface area contributed by atoms with Gasteiger partial charge in [0.25, 0.3) is 0 Å². The number of halogens is 3. The van der Waals surface area contributed by atoms with E-state index in [-0.39, 0.29) is 0 Å². The highest BCUT2D eigenvalue weighted by atomic mass is 79.9.